The van der Waals surface area contributed by atoms with E-state index in [4.69, 9.17) is 32.7 Å². The largest absolute Gasteiger partial charge is 0.493 e. The molecule has 178 valence electrons. The number of benzene rings is 3. The SMILES string of the molecule is C=CCc1cc(/C=C(/C#N)C(=O)Nc2ccccc2F)cc(OC)c1OCc1ccc(Cl)c(Cl)c1. The van der Waals surface area contributed by atoms with Crippen molar-refractivity contribution in [2.75, 3.05) is 12.4 Å². The first-order valence-electron chi connectivity index (χ1n) is 10.4. The lowest BCUT2D eigenvalue weighted by Gasteiger charge is -2.16. The van der Waals surface area contributed by atoms with E-state index in [1.165, 1.54) is 31.4 Å². The van der Waals surface area contributed by atoms with Crippen molar-refractivity contribution >= 4 is 40.9 Å². The van der Waals surface area contributed by atoms with Gasteiger partial charge in [-0.1, -0.05) is 47.5 Å². The fourth-order valence-corrected chi connectivity index (χ4v) is 3.56. The number of nitrogens with zero attached hydrogens (tertiary/aromatic N) is 1. The summed E-state index contributed by atoms with van der Waals surface area (Å²) in [7, 11) is 1.49. The smallest absolute Gasteiger partial charge is 0.266 e. The Morgan fingerprint density at radius 1 is 1.17 bits per heavy atom. The molecule has 0 heterocycles. The first-order chi connectivity index (χ1) is 16.9. The lowest BCUT2D eigenvalue weighted by molar-refractivity contribution is -0.112. The highest BCUT2D eigenvalue weighted by Gasteiger charge is 2.16. The fraction of sp³-hybridized carbons (Fsp3) is 0.111. The van der Waals surface area contributed by atoms with Gasteiger partial charge in [-0.2, -0.15) is 5.26 Å². The molecule has 0 atom stereocenters. The summed E-state index contributed by atoms with van der Waals surface area (Å²) in [4.78, 5) is 12.6. The van der Waals surface area contributed by atoms with E-state index in [0.717, 1.165) is 11.1 Å². The second-order valence-electron chi connectivity index (χ2n) is 7.35. The molecular formula is C27H21Cl2FN2O3. The zero-order chi connectivity index (χ0) is 25.4. The molecule has 0 aliphatic carbocycles. The third-order valence-electron chi connectivity index (χ3n) is 4.90. The van der Waals surface area contributed by atoms with Gasteiger partial charge in [-0.15, -0.1) is 6.58 Å². The monoisotopic (exact) mass is 510 g/mol. The van der Waals surface area contributed by atoms with Gasteiger partial charge in [-0.05, 0) is 60.0 Å². The molecule has 0 aliphatic rings. The molecule has 5 nitrogen and oxygen atoms in total. The number of hydrogen-bond donors (Lipinski definition) is 1. The second-order valence-corrected chi connectivity index (χ2v) is 8.16. The molecule has 0 radical (unpaired) electrons. The average molecular weight is 511 g/mol. The molecule has 0 saturated carbocycles. The van der Waals surface area contributed by atoms with Crippen LogP contribution in [0.2, 0.25) is 10.0 Å². The van der Waals surface area contributed by atoms with Crippen molar-refractivity contribution in [3.63, 3.8) is 0 Å². The Kier molecular flexibility index (Phi) is 8.91. The number of nitrogens with one attached hydrogen (secondary N) is 1. The van der Waals surface area contributed by atoms with E-state index in [1.54, 1.807) is 42.5 Å². The van der Waals surface area contributed by atoms with Crippen LogP contribution in [0.3, 0.4) is 0 Å². The summed E-state index contributed by atoms with van der Waals surface area (Å²) in [6.45, 7) is 4.00. The number of rotatable bonds is 9. The summed E-state index contributed by atoms with van der Waals surface area (Å²) in [6, 6.07) is 16.2. The molecule has 3 aromatic carbocycles. The van der Waals surface area contributed by atoms with Crippen molar-refractivity contribution in [1.82, 2.24) is 0 Å². The number of carbonyl (C=O) groups excluding carboxylic acids is 1. The van der Waals surface area contributed by atoms with Crippen LogP contribution in [0.15, 0.2) is 72.8 Å². The van der Waals surface area contributed by atoms with Crippen LogP contribution < -0.4 is 14.8 Å². The summed E-state index contributed by atoms with van der Waals surface area (Å²) < 4.78 is 25.5. The van der Waals surface area contributed by atoms with E-state index in [2.05, 4.69) is 11.9 Å². The molecule has 1 N–H and O–H groups in total. The lowest BCUT2D eigenvalue weighted by atomic mass is 10.0. The summed E-state index contributed by atoms with van der Waals surface area (Å²) in [6.07, 6.45) is 3.54. The van der Waals surface area contributed by atoms with Crippen LogP contribution >= 0.6 is 23.2 Å². The Hall–Kier alpha value is -3.79. The first kappa shape index (κ1) is 25.8. The number of allylic oxidation sites excluding steroid dienone is 1. The van der Waals surface area contributed by atoms with Crippen LogP contribution in [-0.4, -0.2) is 13.0 Å². The van der Waals surface area contributed by atoms with Gasteiger partial charge in [0.15, 0.2) is 11.5 Å². The van der Waals surface area contributed by atoms with Crippen LogP contribution in [0, 0.1) is 17.1 Å². The number of ether oxygens (including phenoxy) is 2. The van der Waals surface area contributed by atoms with E-state index in [0.29, 0.717) is 33.5 Å². The number of hydrogen-bond acceptors (Lipinski definition) is 4. The minimum atomic E-state index is -0.734. The van der Waals surface area contributed by atoms with Gasteiger partial charge in [0, 0.05) is 5.56 Å². The molecule has 3 aromatic rings. The van der Waals surface area contributed by atoms with Crippen LogP contribution in [0.5, 0.6) is 11.5 Å². The number of para-hydroxylation sites is 1. The third-order valence-corrected chi connectivity index (χ3v) is 5.64. The van der Waals surface area contributed by atoms with Crippen LogP contribution in [0.1, 0.15) is 16.7 Å². The number of amides is 1. The minimum Gasteiger partial charge on any atom is -0.493 e. The number of nitriles is 1. The molecule has 1 amide bonds. The number of methoxy groups -OCH3 is 1. The predicted octanol–water partition coefficient (Wildman–Crippen LogP) is 6.99. The lowest BCUT2D eigenvalue weighted by Crippen LogP contribution is -2.14. The molecule has 0 aromatic heterocycles. The second kappa shape index (κ2) is 12.1. The highest BCUT2D eigenvalue weighted by Crippen LogP contribution is 2.35. The quantitative estimate of drug-likeness (QED) is 0.191. The van der Waals surface area contributed by atoms with Crippen molar-refractivity contribution in [3.8, 4) is 17.6 Å². The van der Waals surface area contributed by atoms with Crippen molar-refractivity contribution in [3.05, 3.63) is 105 Å². The molecule has 0 spiro atoms. The third kappa shape index (κ3) is 6.63. The topological polar surface area (TPSA) is 71.4 Å². The van der Waals surface area contributed by atoms with E-state index in [9.17, 15) is 14.4 Å². The normalized spacial score (nSPS) is 10.9. The maximum atomic E-state index is 13.9. The molecule has 0 bridgehead atoms. The van der Waals surface area contributed by atoms with Gasteiger partial charge in [0.25, 0.3) is 5.91 Å². The van der Waals surface area contributed by atoms with Crippen molar-refractivity contribution in [1.29, 1.82) is 5.26 Å². The first-order valence-corrected chi connectivity index (χ1v) is 11.2. The van der Waals surface area contributed by atoms with Gasteiger partial charge in [0.05, 0.1) is 22.8 Å². The van der Waals surface area contributed by atoms with E-state index >= 15 is 0 Å². The van der Waals surface area contributed by atoms with E-state index in [-0.39, 0.29) is 17.9 Å². The van der Waals surface area contributed by atoms with Crippen LogP contribution in [0.4, 0.5) is 10.1 Å². The van der Waals surface area contributed by atoms with Gasteiger partial charge in [0.2, 0.25) is 0 Å². The molecule has 35 heavy (non-hydrogen) atoms. The highest BCUT2D eigenvalue weighted by atomic mass is 35.5. The van der Waals surface area contributed by atoms with E-state index < -0.39 is 11.7 Å². The van der Waals surface area contributed by atoms with E-state index in [1.807, 2.05) is 6.07 Å². The Balaban J connectivity index is 1.91. The minimum absolute atomic E-state index is 0.0189. The number of anilines is 1. The summed E-state index contributed by atoms with van der Waals surface area (Å²) in [5.41, 5.74) is 1.85. The van der Waals surface area contributed by atoms with Crippen molar-refractivity contribution in [2.45, 2.75) is 13.0 Å². The Morgan fingerprint density at radius 3 is 2.60 bits per heavy atom. The zero-order valence-corrected chi connectivity index (χ0v) is 20.3. The van der Waals surface area contributed by atoms with Crippen LogP contribution in [0.25, 0.3) is 6.08 Å². The summed E-state index contributed by atoms with van der Waals surface area (Å²) in [5, 5.41) is 12.8. The maximum Gasteiger partial charge on any atom is 0.266 e. The molecule has 0 unspecified atom stereocenters. The number of halogens is 3. The van der Waals surface area contributed by atoms with Crippen LogP contribution in [-0.2, 0) is 17.8 Å². The standard InChI is InChI=1S/C27H21Cl2FN2O3/c1-3-6-19-11-18(12-20(15-31)27(33)32-24-8-5-4-7-23(24)30)14-25(34-2)26(19)35-16-17-9-10-21(28)22(29)13-17/h3-5,7-14H,1,6,16H2,2H3,(H,32,33)/b20-12-. The molecule has 0 aliphatic heterocycles. The highest BCUT2D eigenvalue weighted by molar-refractivity contribution is 6.42. The Morgan fingerprint density at radius 2 is 1.94 bits per heavy atom. The van der Waals surface area contributed by atoms with Crippen molar-refractivity contribution < 1.29 is 18.7 Å². The van der Waals surface area contributed by atoms with Crippen molar-refractivity contribution in [2.24, 2.45) is 0 Å². The Labute approximate surface area is 213 Å². The summed E-state index contributed by atoms with van der Waals surface area (Å²) >= 11 is 12.1. The molecule has 3 rings (SSSR count). The van der Waals surface area contributed by atoms with Gasteiger partial charge in [0.1, 0.15) is 24.1 Å². The predicted molar refractivity (Wildman–Crippen MR) is 136 cm³/mol. The maximum absolute atomic E-state index is 13.9. The Bertz CT molecular complexity index is 1330. The summed E-state index contributed by atoms with van der Waals surface area (Å²) in [5.74, 6) is -0.439. The molecular weight excluding hydrogens is 490 g/mol. The molecule has 8 heteroatoms. The average Bonchev–Trinajstić information content (AvgIpc) is 2.85. The van der Waals surface area contributed by atoms with Gasteiger partial charge in [-0.3, -0.25) is 4.79 Å². The number of carbonyl (C=O) groups is 1. The zero-order valence-electron chi connectivity index (χ0n) is 18.8. The van der Waals surface area contributed by atoms with Gasteiger partial charge >= 0.3 is 0 Å². The van der Waals surface area contributed by atoms with Gasteiger partial charge < -0.3 is 14.8 Å². The van der Waals surface area contributed by atoms with Gasteiger partial charge in [-0.25, -0.2) is 4.39 Å². The fourth-order valence-electron chi connectivity index (χ4n) is 3.24. The molecule has 0 saturated heterocycles. The molecule has 0 fully saturated rings.